The average molecular weight is 320 g/mol. The van der Waals surface area contributed by atoms with E-state index in [0.29, 0.717) is 23.0 Å². The Hall–Kier alpha value is -2.24. The lowest BCUT2D eigenvalue weighted by Crippen LogP contribution is -2.44. The zero-order valence-electron chi connectivity index (χ0n) is 13.9. The van der Waals surface area contributed by atoms with Gasteiger partial charge in [-0.15, -0.1) is 0 Å². The Labute approximate surface area is 136 Å². The second kappa shape index (κ2) is 7.85. The van der Waals surface area contributed by atoms with Crippen molar-refractivity contribution in [2.24, 2.45) is 5.92 Å². The molecule has 1 heterocycles. The van der Waals surface area contributed by atoms with E-state index in [-0.39, 0.29) is 18.4 Å². The summed E-state index contributed by atoms with van der Waals surface area (Å²) < 4.78 is 10.3. The van der Waals surface area contributed by atoms with Crippen molar-refractivity contribution in [2.45, 2.75) is 19.8 Å². The first-order valence-corrected chi connectivity index (χ1v) is 7.83. The van der Waals surface area contributed by atoms with Crippen molar-refractivity contribution in [2.75, 3.05) is 33.9 Å². The molecule has 0 unspecified atom stereocenters. The number of carbonyl (C=O) groups excluding carboxylic acids is 2. The molecule has 1 saturated heterocycles. The van der Waals surface area contributed by atoms with Crippen LogP contribution in [0.5, 0.6) is 11.5 Å². The van der Waals surface area contributed by atoms with Crippen molar-refractivity contribution in [1.82, 2.24) is 10.2 Å². The standard InChI is InChI=1S/C17H24N2O4/c1-12-5-4-8-19(11-12)16(20)10-18-17(21)13-6-7-14(22-2)15(9-13)23-3/h6-7,9,12H,4-5,8,10-11H2,1-3H3,(H,18,21)/t12-/m0/s1. The number of carbonyl (C=O) groups is 2. The molecule has 1 atom stereocenters. The summed E-state index contributed by atoms with van der Waals surface area (Å²) in [5.74, 6) is 1.22. The highest BCUT2D eigenvalue weighted by Gasteiger charge is 2.21. The molecule has 2 rings (SSSR count). The molecule has 2 amide bonds. The van der Waals surface area contributed by atoms with Crippen molar-refractivity contribution in [3.63, 3.8) is 0 Å². The molecule has 1 N–H and O–H groups in total. The molecule has 23 heavy (non-hydrogen) atoms. The second-order valence-electron chi connectivity index (χ2n) is 5.84. The van der Waals surface area contributed by atoms with E-state index in [1.54, 1.807) is 18.2 Å². The topological polar surface area (TPSA) is 67.9 Å². The van der Waals surface area contributed by atoms with Crippen molar-refractivity contribution in [3.8, 4) is 11.5 Å². The Kier molecular flexibility index (Phi) is 5.84. The van der Waals surface area contributed by atoms with Crippen LogP contribution in [0.1, 0.15) is 30.1 Å². The predicted molar refractivity (Wildman–Crippen MR) is 86.9 cm³/mol. The zero-order chi connectivity index (χ0) is 16.8. The molecule has 1 aliphatic heterocycles. The SMILES string of the molecule is COc1ccc(C(=O)NCC(=O)N2CCC[C@H](C)C2)cc1OC. The normalized spacial score (nSPS) is 17.5. The fourth-order valence-corrected chi connectivity index (χ4v) is 2.76. The molecule has 6 nitrogen and oxygen atoms in total. The smallest absolute Gasteiger partial charge is 0.251 e. The number of nitrogens with one attached hydrogen (secondary N) is 1. The van der Waals surface area contributed by atoms with Gasteiger partial charge in [0.2, 0.25) is 5.91 Å². The summed E-state index contributed by atoms with van der Waals surface area (Å²) in [5.41, 5.74) is 0.433. The lowest BCUT2D eigenvalue weighted by atomic mass is 10.0. The van der Waals surface area contributed by atoms with Crippen molar-refractivity contribution in [1.29, 1.82) is 0 Å². The quantitative estimate of drug-likeness (QED) is 0.896. The first-order valence-electron chi connectivity index (χ1n) is 7.83. The molecular formula is C17H24N2O4. The molecule has 1 aromatic rings. The van der Waals surface area contributed by atoms with Crippen LogP contribution in [0.3, 0.4) is 0 Å². The van der Waals surface area contributed by atoms with Gasteiger partial charge in [-0.2, -0.15) is 0 Å². The summed E-state index contributed by atoms with van der Waals surface area (Å²) in [4.78, 5) is 26.2. The Bertz CT molecular complexity index is 574. The van der Waals surface area contributed by atoms with Crippen LogP contribution in [0.4, 0.5) is 0 Å². The Balaban J connectivity index is 1.93. The van der Waals surface area contributed by atoms with E-state index >= 15 is 0 Å². The Morgan fingerprint density at radius 1 is 1.26 bits per heavy atom. The number of methoxy groups -OCH3 is 2. The van der Waals surface area contributed by atoms with Gasteiger partial charge in [-0.05, 0) is 37.0 Å². The predicted octanol–water partition coefficient (Wildman–Crippen LogP) is 1.69. The van der Waals surface area contributed by atoms with Gasteiger partial charge in [-0.25, -0.2) is 0 Å². The van der Waals surface area contributed by atoms with Crippen LogP contribution in [-0.2, 0) is 4.79 Å². The minimum atomic E-state index is -0.302. The maximum Gasteiger partial charge on any atom is 0.251 e. The summed E-state index contributed by atoms with van der Waals surface area (Å²) in [5, 5.41) is 2.67. The highest BCUT2D eigenvalue weighted by molar-refractivity contribution is 5.97. The number of hydrogen-bond donors (Lipinski definition) is 1. The molecule has 0 radical (unpaired) electrons. The fraction of sp³-hybridized carbons (Fsp3) is 0.529. The van der Waals surface area contributed by atoms with E-state index in [9.17, 15) is 9.59 Å². The summed E-state index contributed by atoms with van der Waals surface area (Å²) >= 11 is 0. The molecule has 1 aromatic carbocycles. The Morgan fingerprint density at radius 3 is 2.65 bits per heavy atom. The number of ether oxygens (including phenoxy) is 2. The highest BCUT2D eigenvalue weighted by Crippen LogP contribution is 2.27. The van der Waals surface area contributed by atoms with Gasteiger partial charge < -0.3 is 19.7 Å². The number of amides is 2. The molecule has 1 aliphatic rings. The monoisotopic (exact) mass is 320 g/mol. The third kappa shape index (κ3) is 4.37. The summed E-state index contributed by atoms with van der Waals surface area (Å²) in [6, 6.07) is 4.91. The Morgan fingerprint density at radius 2 is 2.00 bits per heavy atom. The number of benzene rings is 1. The van der Waals surface area contributed by atoms with Crippen LogP contribution in [0.25, 0.3) is 0 Å². The lowest BCUT2D eigenvalue weighted by molar-refractivity contribution is -0.131. The van der Waals surface area contributed by atoms with Crippen molar-refractivity contribution >= 4 is 11.8 Å². The van der Waals surface area contributed by atoms with Gasteiger partial charge in [0.1, 0.15) is 0 Å². The van der Waals surface area contributed by atoms with E-state index in [4.69, 9.17) is 9.47 Å². The van der Waals surface area contributed by atoms with E-state index in [0.717, 1.165) is 25.9 Å². The van der Waals surface area contributed by atoms with Gasteiger partial charge in [0.25, 0.3) is 5.91 Å². The van der Waals surface area contributed by atoms with E-state index in [2.05, 4.69) is 12.2 Å². The van der Waals surface area contributed by atoms with Crippen LogP contribution < -0.4 is 14.8 Å². The van der Waals surface area contributed by atoms with Crippen LogP contribution in [0.2, 0.25) is 0 Å². The first-order chi connectivity index (χ1) is 11.0. The van der Waals surface area contributed by atoms with Gasteiger partial charge in [0, 0.05) is 18.7 Å². The van der Waals surface area contributed by atoms with E-state index in [1.807, 2.05) is 4.90 Å². The number of piperidine rings is 1. The van der Waals surface area contributed by atoms with Crippen LogP contribution in [0.15, 0.2) is 18.2 Å². The summed E-state index contributed by atoms with van der Waals surface area (Å²) in [6.45, 7) is 3.70. The molecular weight excluding hydrogens is 296 g/mol. The fourth-order valence-electron chi connectivity index (χ4n) is 2.76. The number of hydrogen-bond acceptors (Lipinski definition) is 4. The molecule has 126 valence electrons. The molecule has 0 aromatic heterocycles. The first kappa shape index (κ1) is 17.1. The lowest BCUT2D eigenvalue weighted by Gasteiger charge is -2.31. The summed E-state index contributed by atoms with van der Waals surface area (Å²) in [6.07, 6.45) is 2.18. The molecule has 0 bridgehead atoms. The van der Waals surface area contributed by atoms with Gasteiger partial charge in [-0.1, -0.05) is 6.92 Å². The average Bonchev–Trinajstić information content (AvgIpc) is 2.58. The van der Waals surface area contributed by atoms with E-state index < -0.39 is 0 Å². The largest absolute Gasteiger partial charge is 0.493 e. The highest BCUT2D eigenvalue weighted by atomic mass is 16.5. The molecule has 1 fully saturated rings. The van der Waals surface area contributed by atoms with E-state index in [1.165, 1.54) is 14.2 Å². The molecule has 0 spiro atoms. The minimum Gasteiger partial charge on any atom is -0.493 e. The van der Waals surface area contributed by atoms with Gasteiger partial charge in [0.15, 0.2) is 11.5 Å². The molecule has 6 heteroatoms. The van der Waals surface area contributed by atoms with Crippen LogP contribution in [-0.4, -0.2) is 50.6 Å². The third-order valence-corrected chi connectivity index (χ3v) is 4.06. The van der Waals surface area contributed by atoms with Crippen LogP contribution in [0, 0.1) is 5.92 Å². The van der Waals surface area contributed by atoms with Gasteiger partial charge in [0.05, 0.1) is 20.8 Å². The third-order valence-electron chi connectivity index (χ3n) is 4.06. The van der Waals surface area contributed by atoms with Gasteiger partial charge >= 0.3 is 0 Å². The minimum absolute atomic E-state index is 0.0138. The zero-order valence-corrected chi connectivity index (χ0v) is 13.9. The maximum absolute atomic E-state index is 12.2. The number of nitrogens with zero attached hydrogens (tertiary/aromatic N) is 1. The van der Waals surface area contributed by atoms with Crippen LogP contribution >= 0.6 is 0 Å². The molecule has 0 saturated carbocycles. The summed E-state index contributed by atoms with van der Waals surface area (Å²) in [7, 11) is 3.05. The number of likely N-dealkylation sites (tertiary alicyclic amines) is 1. The molecule has 0 aliphatic carbocycles. The van der Waals surface area contributed by atoms with Crippen molar-refractivity contribution < 1.29 is 19.1 Å². The van der Waals surface area contributed by atoms with Gasteiger partial charge in [-0.3, -0.25) is 9.59 Å². The maximum atomic E-state index is 12.2. The van der Waals surface area contributed by atoms with Crippen molar-refractivity contribution in [3.05, 3.63) is 23.8 Å². The second-order valence-corrected chi connectivity index (χ2v) is 5.84. The number of rotatable bonds is 5.